The first-order chi connectivity index (χ1) is 16.9. The van der Waals surface area contributed by atoms with Gasteiger partial charge in [0.05, 0.1) is 51.8 Å². The molecule has 5 rings (SSSR count). The van der Waals surface area contributed by atoms with Gasteiger partial charge in [0.2, 0.25) is 0 Å². The van der Waals surface area contributed by atoms with Crippen LogP contribution in [0.4, 0.5) is 15.8 Å². The van der Waals surface area contributed by atoms with Gasteiger partial charge in [0.1, 0.15) is 5.82 Å². The molecule has 4 aromatic rings. The second-order valence-electron chi connectivity index (χ2n) is 7.89. The minimum absolute atomic E-state index is 0.0453. The van der Waals surface area contributed by atoms with Crippen LogP contribution < -0.4 is 11.1 Å². The Morgan fingerprint density at radius 2 is 1.86 bits per heavy atom. The molecule has 0 saturated heterocycles. The van der Waals surface area contributed by atoms with Crippen molar-refractivity contribution >= 4 is 46.1 Å². The van der Waals surface area contributed by atoms with E-state index in [9.17, 15) is 4.79 Å². The average Bonchev–Trinajstić information content (AvgIpc) is 3.55. The Morgan fingerprint density at radius 1 is 1.06 bits per heavy atom. The maximum absolute atomic E-state index is 15.4. The molecule has 8 nitrogen and oxygen atoms in total. The second kappa shape index (κ2) is 9.44. The van der Waals surface area contributed by atoms with Crippen LogP contribution in [0.3, 0.4) is 0 Å². The molecule has 3 heterocycles. The first kappa shape index (κ1) is 22.9. The van der Waals surface area contributed by atoms with Gasteiger partial charge in [0.15, 0.2) is 5.82 Å². The van der Waals surface area contributed by atoms with Gasteiger partial charge < -0.3 is 11.1 Å². The monoisotopic (exact) mass is 509 g/mol. The van der Waals surface area contributed by atoms with E-state index in [2.05, 4.69) is 31.6 Å². The predicted octanol–water partition coefficient (Wildman–Crippen LogP) is 5.57. The molecule has 0 unspecified atom stereocenters. The molecule has 0 spiro atoms. The lowest BCUT2D eigenvalue weighted by Crippen LogP contribution is -2.14. The molecule has 0 atom stereocenters. The Labute approximate surface area is 209 Å². The van der Waals surface area contributed by atoms with Crippen molar-refractivity contribution in [1.82, 2.24) is 25.0 Å². The number of hydrogen-bond donors (Lipinski definition) is 2. The van der Waals surface area contributed by atoms with E-state index >= 15 is 4.39 Å². The predicted molar refractivity (Wildman–Crippen MR) is 133 cm³/mol. The number of nitrogens with two attached hydrogens (primary N) is 1. The highest BCUT2D eigenvalue weighted by molar-refractivity contribution is 6.35. The first-order valence-corrected chi connectivity index (χ1v) is 11.4. The molecule has 0 saturated carbocycles. The molecule has 3 aromatic heterocycles. The average molecular weight is 510 g/mol. The molecule has 3 N–H and O–H groups in total. The fraction of sp³-hybridized carbons (Fsp3) is 0.125. The maximum atomic E-state index is 15.4. The van der Waals surface area contributed by atoms with Gasteiger partial charge >= 0.3 is 0 Å². The van der Waals surface area contributed by atoms with Crippen molar-refractivity contribution in [3.63, 3.8) is 0 Å². The Kier molecular flexibility index (Phi) is 6.19. The number of nitrogens with one attached hydrogen (secondary N) is 1. The van der Waals surface area contributed by atoms with Crippen LogP contribution in [0.2, 0.25) is 10.0 Å². The lowest BCUT2D eigenvalue weighted by Gasteiger charge is -2.15. The normalized spacial score (nSPS) is 13.1. The summed E-state index contributed by atoms with van der Waals surface area (Å²) in [6.07, 6.45) is 12.4. The second-order valence-corrected chi connectivity index (χ2v) is 8.70. The largest absolute Gasteiger partial charge is 0.397 e. The van der Waals surface area contributed by atoms with Gasteiger partial charge in [-0.1, -0.05) is 29.3 Å². The summed E-state index contributed by atoms with van der Waals surface area (Å²) in [5, 5.41) is 10.9. The molecule has 1 amide bonds. The lowest BCUT2D eigenvalue weighted by molar-refractivity contribution is 0.102. The third-order valence-electron chi connectivity index (χ3n) is 5.62. The summed E-state index contributed by atoms with van der Waals surface area (Å²) in [6.45, 7) is 0. The number of carbonyl (C=O) groups excluding carboxylic acids is 1. The van der Waals surface area contributed by atoms with Crippen molar-refractivity contribution in [3.8, 4) is 16.9 Å². The topological polar surface area (TPSA) is 112 Å². The van der Waals surface area contributed by atoms with Crippen LogP contribution in [0.25, 0.3) is 22.5 Å². The molecule has 0 fully saturated rings. The molecule has 1 aromatic carbocycles. The van der Waals surface area contributed by atoms with Crippen molar-refractivity contribution in [2.24, 2.45) is 0 Å². The van der Waals surface area contributed by atoms with Gasteiger partial charge in [-0.05, 0) is 43.0 Å². The Bertz CT molecular complexity index is 1470. The minimum Gasteiger partial charge on any atom is -0.397 e. The number of carbonyl (C=O) groups is 1. The van der Waals surface area contributed by atoms with Gasteiger partial charge in [-0.15, -0.1) is 4.80 Å². The van der Waals surface area contributed by atoms with Crippen LogP contribution in [-0.4, -0.2) is 30.9 Å². The molecule has 35 heavy (non-hydrogen) atoms. The molecule has 0 radical (unpaired) electrons. The van der Waals surface area contributed by atoms with E-state index in [-0.39, 0.29) is 21.2 Å². The Balaban J connectivity index is 1.45. The first-order valence-electron chi connectivity index (χ1n) is 10.7. The smallest absolute Gasteiger partial charge is 0.257 e. The highest BCUT2D eigenvalue weighted by Gasteiger charge is 2.22. The number of benzene rings is 1. The molecular weight excluding hydrogens is 492 g/mol. The van der Waals surface area contributed by atoms with Crippen LogP contribution in [-0.2, 0) is 0 Å². The van der Waals surface area contributed by atoms with Gasteiger partial charge in [0, 0.05) is 22.9 Å². The number of pyridine rings is 2. The summed E-state index contributed by atoms with van der Waals surface area (Å²) in [7, 11) is 0. The fourth-order valence-corrected chi connectivity index (χ4v) is 4.51. The molecule has 0 aliphatic heterocycles. The SMILES string of the molecule is Nc1cncc(C2=CCCC2)c1-c1cc(Cl)c(C(=O)Nc2cnc(-n3nccn3)c(Cl)c2)cc1F. The summed E-state index contributed by atoms with van der Waals surface area (Å²) >= 11 is 12.7. The number of amides is 1. The van der Waals surface area contributed by atoms with Crippen molar-refractivity contribution in [3.05, 3.63) is 82.2 Å². The number of rotatable bonds is 5. The van der Waals surface area contributed by atoms with Crippen molar-refractivity contribution in [2.45, 2.75) is 19.3 Å². The van der Waals surface area contributed by atoms with E-state index in [1.165, 1.54) is 41.7 Å². The summed E-state index contributed by atoms with van der Waals surface area (Å²) in [5.41, 5.74) is 9.32. The highest BCUT2D eigenvalue weighted by Crippen LogP contribution is 2.40. The Hall–Kier alpha value is -3.82. The zero-order valence-corrected chi connectivity index (χ0v) is 19.7. The van der Waals surface area contributed by atoms with Crippen LogP contribution in [0.1, 0.15) is 35.2 Å². The van der Waals surface area contributed by atoms with E-state index in [0.717, 1.165) is 36.5 Å². The van der Waals surface area contributed by atoms with Crippen LogP contribution >= 0.6 is 23.2 Å². The van der Waals surface area contributed by atoms with Gasteiger partial charge in [0.25, 0.3) is 5.91 Å². The highest BCUT2D eigenvalue weighted by atomic mass is 35.5. The van der Waals surface area contributed by atoms with E-state index in [1.807, 2.05) is 0 Å². The summed E-state index contributed by atoms with van der Waals surface area (Å²) in [6, 6.07) is 3.99. The molecule has 1 aliphatic rings. The van der Waals surface area contributed by atoms with E-state index in [4.69, 9.17) is 28.9 Å². The molecule has 1 aliphatic carbocycles. The van der Waals surface area contributed by atoms with Gasteiger partial charge in [-0.3, -0.25) is 9.78 Å². The number of hydrogen-bond acceptors (Lipinski definition) is 6. The third kappa shape index (κ3) is 4.48. The number of nitrogen functional groups attached to an aromatic ring is 1. The zero-order valence-electron chi connectivity index (χ0n) is 18.2. The standard InChI is InChI=1S/C24H18Cl2FN7O/c25-18-8-16(22-17(11-29-12-21(22)28)13-3-1-2-4-13)20(27)9-15(18)24(35)33-14-7-19(26)23(30-10-14)34-31-5-6-32-34/h3,5-12H,1-2,4,28H2,(H,33,35). The molecule has 0 bridgehead atoms. The molecule has 11 heteroatoms. The van der Waals surface area contributed by atoms with Crippen molar-refractivity contribution in [1.29, 1.82) is 0 Å². The van der Waals surface area contributed by atoms with Crippen LogP contribution in [0, 0.1) is 5.82 Å². The number of allylic oxidation sites excluding steroid dienone is 2. The van der Waals surface area contributed by atoms with Crippen LogP contribution in [0.5, 0.6) is 0 Å². The van der Waals surface area contributed by atoms with Crippen LogP contribution in [0.15, 0.2) is 55.3 Å². The maximum Gasteiger partial charge on any atom is 0.257 e. The van der Waals surface area contributed by atoms with Crippen molar-refractivity contribution in [2.75, 3.05) is 11.1 Å². The van der Waals surface area contributed by atoms with E-state index < -0.39 is 11.7 Å². The van der Waals surface area contributed by atoms with Gasteiger partial charge in [-0.25, -0.2) is 9.37 Å². The molecule has 176 valence electrons. The zero-order chi connectivity index (χ0) is 24.5. The third-order valence-corrected chi connectivity index (χ3v) is 6.21. The van der Waals surface area contributed by atoms with E-state index in [0.29, 0.717) is 22.8 Å². The summed E-state index contributed by atoms with van der Waals surface area (Å²) in [4.78, 5) is 22.5. The molecular formula is C24H18Cl2FN7O. The Morgan fingerprint density at radius 3 is 2.57 bits per heavy atom. The quantitative estimate of drug-likeness (QED) is 0.363. The van der Waals surface area contributed by atoms with Gasteiger partial charge in [-0.2, -0.15) is 10.2 Å². The van der Waals surface area contributed by atoms with E-state index in [1.54, 1.807) is 6.20 Å². The number of nitrogens with zero attached hydrogens (tertiary/aromatic N) is 5. The number of halogens is 3. The number of aromatic nitrogens is 5. The lowest BCUT2D eigenvalue weighted by atomic mass is 9.93. The summed E-state index contributed by atoms with van der Waals surface area (Å²) < 4.78 is 15.4. The number of anilines is 2. The fourth-order valence-electron chi connectivity index (χ4n) is 4.02. The minimum atomic E-state index is -0.631. The summed E-state index contributed by atoms with van der Waals surface area (Å²) in [5.74, 6) is -0.954. The van der Waals surface area contributed by atoms with Crippen molar-refractivity contribution < 1.29 is 9.18 Å².